The minimum atomic E-state index is -0.877. The third-order valence-corrected chi connectivity index (χ3v) is 4.20. The molecule has 0 aromatic carbocycles. The van der Waals surface area contributed by atoms with Crippen LogP contribution in [0.4, 0.5) is 0 Å². The molecule has 102 valence electrons. The van der Waals surface area contributed by atoms with E-state index in [1.54, 1.807) is 11.9 Å². The third kappa shape index (κ3) is 2.83. The summed E-state index contributed by atoms with van der Waals surface area (Å²) >= 11 is 0. The molecule has 0 radical (unpaired) electrons. The summed E-state index contributed by atoms with van der Waals surface area (Å²) in [6.45, 7) is 0.547. The van der Waals surface area contributed by atoms with Crippen molar-refractivity contribution in [3.05, 3.63) is 0 Å². The van der Waals surface area contributed by atoms with Gasteiger partial charge in [-0.1, -0.05) is 12.8 Å². The molecule has 2 fully saturated rings. The Labute approximate surface area is 107 Å². The van der Waals surface area contributed by atoms with Crippen molar-refractivity contribution in [3.8, 4) is 0 Å². The van der Waals surface area contributed by atoms with E-state index in [-0.39, 0.29) is 18.6 Å². The van der Waals surface area contributed by atoms with E-state index in [0.29, 0.717) is 18.9 Å². The number of rotatable bonds is 4. The number of hydrogen-bond acceptors (Lipinski definition) is 3. The average molecular weight is 255 g/mol. The Morgan fingerprint density at radius 3 is 2.56 bits per heavy atom. The third-order valence-electron chi connectivity index (χ3n) is 4.20. The van der Waals surface area contributed by atoms with Gasteiger partial charge in [0.1, 0.15) is 5.92 Å². The van der Waals surface area contributed by atoms with Crippen molar-refractivity contribution in [1.29, 1.82) is 0 Å². The van der Waals surface area contributed by atoms with Gasteiger partial charge in [-0.15, -0.1) is 0 Å². The van der Waals surface area contributed by atoms with Crippen LogP contribution >= 0.6 is 0 Å². The van der Waals surface area contributed by atoms with Crippen LogP contribution in [0.2, 0.25) is 0 Å². The van der Waals surface area contributed by atoms with Crippen molar-refractivity contribution >= 4 is 11.9 Å². The van der Waals surface area contributed by atoms with Gasteiger partial charge in [0.2, 0.25) is 5.91 Å². The predicted octanol–water partition coefficient (Wildman–Crippen LogP) is 1.12. The van der Waals surface area contributed by atoms with E-state index in [1.807, 2.05) is 0 Å². The zero-order valence-electron chi connectivity index (χ0n) is 10.8. The highest BCUT2D eigenvalue weighted by molar-refractivity contribution is 5.78. The normalized spacial score (nSPS) is 28.5. The van der Waals surface area contributed by atoms with Gasteiger partial charge in [0.15, 0.2) is 0 Å². The monoisotopic (exact) mass is 255 g/mol. The lowest BCUT2D eigenvalue weighted by molar-refractivity contribution is -0.144. The lowest BCUT2D eigenvalue weighted by atomic mass is 9.99. The first-order chi connectivity index (χ1) is 8.59. The van der Waals surface area contributed by atoms with Crippen LogP contribution in [0.25, 0.3) is 0 Å². The van der Waals surface area contributed by atoms with Crippen LogP contribution in [0, 0.1) is 11.8 Å². The molecule has 1 heterocycles. The molecule has 1 aliphatic heterocycles. The number of hydrogen-bond donors (Lipinski definition) is 1. The van der Waals surface area contributed by atoms with Crippen molar-refractivity contribution in [2.45, 2.75) is 38.1 Å². The van der Waals surface area contributed by atoms with Crippen LogP contribution in [0.15, 0.2) is 0 Å². The Morgan fingerprint density at radius 1 is 1.28 bits per heavy atom. The number of likely N-dealkylation sites (N-methyl/N-ethyl adjacent to an activating group) is 1. The molecule has 18 heavy (non-hydrogen) atoms. The minimum absolute atomic E-state index is 0.0589. The second-order valence-electron chi connectivity index (χ2n) is 5.41. The summed E-state index contributed by atoms with van der Waals surface area (Å²) in [6.07, 6.45) is 5.24. The Hall–Kier alpha value is -1.10. The molecule has 2 atom stereocenters. The fourth-order valence-electron chi connectivity index (χ4n) is 2.95. The average Bonchev–Trinajstić information content (AvgIpc) is 2.97. The summed E-state index contributed by atoms with van der Waals surface area (Å²) in [5.74, 6) is -0.908. The Kier molecular flexibility index (Phi) is 4.22. The van der Waals surface area contributed by atoms with Gasteiger partial charge in [-0.2, -0.15) is 0 Å². The first-order valence-electron chi connectivity index (χ1n) is 6.66. The smallest absolute Gasteiger partial charge is 0.311 e. The van der Waals surface area contributed by atoms with Gasteiger partial charge in [0, 0.05) is 13.5 Å². The molecule has 0 aromatic rings. The molecule has 2 unspecified atom stereocenters. The maximum Gasteiger partial charge on any atom is 0.311 e. The molecule has 0 spiro atoms. The van der Waals surface area contributed by atoms with E-state index >= 15 is 0 Å². The lowest BCUT2D eigenvalue weighted by Gasteiger charge is -2.27. The van der Waals surface area contributed by atoms with Crippen molar-refractivity contribution in [3.63, 3.8) is 0 Å². The highest BCUT2D eigenvalue weighted by Gasteiger charge is 2.38. The van der Waals surface area contributed by atoms with Crippen LogP contribution < -0.4 is 0 Å². The molecule has 5 heteroatoms. The number of nitrogens with zero attached hydrogens (tertiary/aromatic N) is 1. The topological polar surface area (TPSA) is 66.8 Å². The maximum absolute atomic E-state index is 12.1. The number of carboxylic acid groups (broad SMARTS) is 1. The number of aliphatic carboxylic acids is 1. The summed E-state index contributed by atoms with van der Waals surface area (Å²) < 4.78 is 5.20. The summed E-state index contributed by atoms with van der Waals surface area (Å²) in [7, 11) is 1.70. The van der Waals surface area contributed by atoms with Crippen molar-refractivity contribution in [2.24, 2.45) is 11.8 Å². The fraction of sp³-hybridized carbons (Fsp3) is 0.846. The summed E-state index contributed by atoms with van der Waals surface area (Å²) in [5.41, 5.74) is 0. The second kappa shape index (κ2) is 5.69. The second-order valence-corrected chi connectivity index (χ2v) is 5.41. The van der Waals surface area contributed by atoms with Crippen molar-refractivity contribution < 1.29 is 19.4 Å². The van der Waals surface area contributed by atoms with E-state index in [2.05, 4.69) is 0 Å². The van der Waals surface area contributed by atoms with Gasteiger partial charge >= 0.3 is 5.97 Å². The molecule has 2 aliphatic rings. The molecular weight excluding hydrogens is 234 g/mol. The van der Waals surface area contributed by atoms with Gasteiger partial charge < -0.3 is 14.7 Å². The van der Waals surface area contributed by atoms with Gasteiger partial charge in [-0.25, -0.2) is 0 Å². The molecule has 1 N–H and O–H groups in total. The minimum Gasteiger partial charge on any atom is -0.481 e. The molecule has 5 nitrogen and oxygen atoms in total. The highest BCUT2D eigenvalue weighted by atomic mass is 16.5. The number of ether oxygens (including phenoxy) is 1. The molecule has 1 amide bonds. The zero-order valence-corrected chi connectivity index (χ0v) is 10.8. The van der Waals surface area contributed by atoms with Gasteiger partial charge in [0.25, 0.3) is 0 Å². The van der Waals surface area contributed by atoms with E-state index in [1.165, 1.54) is 12.8 Å². The number of carboxylic acids is 1. The molecule has 0 aromatic heterocycles. The molecule has 0 bridgehead atoms. The predicted molar refractivity (Wildman–Crippen MR) is 65.1 cm³/mol. The van der Waals surface area contributed by atoms with Crippen molar-refractivity contribution in [2.75, 3.05) is 20.3 Å². The highest BCUT2D eigenvalue weighted by Crippen LogP contribution is 2.29. The van der Waals surface area contributed by atoms with Crippen LogP contribution in [0.5, 0.6) is 0 Å². The SMILES string of the molecule is CN(C(=O)CC1CCCC1)C1COCC1C(=O)O. The molecule has 1 saturated heterocycles. The fourth-order valence-corrected chi connectivity index (χ4v) is 2.95. The summed E-state index contributed by atoms with van der Waals surface area (Å²) in [6, 6.07) is -0.309. The van der Waals surface area contributed by atoms with Crippen LogP contribution in [-0.2, 0) is 14.3 Å². The Morgan fingerprint density at radius 2 is 1.94 bits per heavy atom. The molecular formula is C13H21NO4. The van der Waals surface area contributed by atoms with Gasteiger partial charge in [0.05, 0.1) is 19.3 Å². The van der Waals surface area contributed by atoms with Gasteiger partial charge in [-0.3, -0.25) is 9.59 Å². The van der Waals surface area contributed by atoms with Gasteiger partial charge in [-0.05, 0) is 18.8 Å². The van der Waals surface area contributed by atoms with E-state index in [9.17, 15) is 9.59 Å². The Bertz CT molecular complexity index is 325. The first-order valence-corrected chi connectivity index (χ1v) is 6.66. The van der Waals surface area contributed by atoms with Crippen LogP contribution in [0.3, 0.4) is 0 Å². The van der Waals surface area contributed by atoms with Crippen LogP contribution in [-0.4, -0.2) is 48.2 Å². The summed E-state index contributed by atoms with van der Waals surface area (Å²) in [5, 5.41) is 9.08. The quantitative estimate of drug-likeness (QED) is 0.817. The first kappa shape index (κ1) is 13.3. The number of amides is 1. The number of carbonyl (C=O) groups excluding carboxylic acids is 1. The maximum atomic E-state index is 12.1. The Balaban J connectivity index is 1.90. The molecule has 1 saturated carbocycles. The van der Waals surface area contributed by atoms with Crippen LogP contribution in [0.1, 0.15) is 32.1 Å². The van der Waals surface area contributed by atoms with E-state index in [0.717, 1.165) is 12.8 Å². The standard InChI is InChI=1S/C13H21NO4/c1-14(11-8-18-7-10(11)13(16)17)12(15)6-9-4-2-3-5-9/h9-11H,2-8H2,1H3,(H,16,17). The summed E-state index contributed by atoms with van der Waals surface area (Å²) in [4.78, 5) is 24.8. The van der Waals surface area contributed by atoms with E-state index < -0.39 is 11.9 Å². The largest absolute Gasteiger partial charge is 0.481 e. The zero-order chi connectivity index (χ0) is 13.1. The molecule has 2 rings (SSSR count). The van der Waals surface area contributed by atoms with Crippen molar-refractivity contribution in [1.82, 2.24) is 4.90 Å². The lowest BCUT2D eigenvalue weighted by Crippen LogP contribution is -2.44. The molecule has 1 aliphatic carbocycles. The van der Waals surface area contributed by atoms with E-state index in [4.69, 9.17) is 9.84 Å². The number of carbonyl (C=O) groups is 2.